The van der Waals surface area contributed by atoms with Crippen molar-refractivity contribution in [1.29, 1.82) is 0 Å². The highest BCUT2D eigenvalue weighted by Crippen LogP contribution is 2.34. The number of hydrogen-bond acceptors (Lipinski definition) is 3. The Kier molecular flexibility index (Phi) is 6.12. The van der Waals surface area contributed by atoms with Gasteiger partial charge in [0.25, 0.3) is 0 Å². The fourth-order valence-electron chi connectivity index (χ4n) is 3.51. The predicted octanol–water partition coefficient (Wildman–Crippen LogP) is 3.24. The normalized spacial score (nSPS) is 21.9. The molecule has 0 aliphatic heterocycles. The highest BCUT2D eigenvalue weighted by molar-refractivity contribution is 5.90. The zero-order valence-corrected chi connectivity index (χ0v) is 15.3. The molecule has 0 unspecified atom stereocenters. The SMILES string of the molecule is O=C(O)CN(CC1CC1)C1CC(NC(=O)Nc2ccccc2CC(F)(F)F)C1. The van der Waals surface area contributed by atoms with Crippen LogP contribution in [0.15, 0.2) is 24.3 Å². The molecule has 28 heavy (non-hydrogen) atoms. The van der Waals surface area contributed by atoms with Crippen molar-refractivity contribution in [3.05, 3.63) is 29.8 Å². The Hall–Kier alpha value is -2.29. The average molecular weight is 399 g/mol. The number of nitrogens with one attached hydrogen (secondary N) is 2. The fraction of sp³-hybridized carbons (Fsp3) is 0.579. The molecule has 0 atom stereocenters. The summed E-state index contributed by atoms with van der Waals surface area (Å²) >= 11 is 0. The number of amides is 2. The lowest BCUT2D eigenvalue weighted by atomic mass is 9.85. The van der Waals surface area contributed by atoms with Crippen molar-refractivity contribution >= 4 is 17.7 Å². The first-order valence-electron chi connectivity index (χ1n) is 9.37. The lowest BCUT2D eigenvalue weighted by Gasteiger charge is -2.42. The molecule has 0 saturated heterocycles. The zero-order valence-electron chi connectivity index (χ0n) is 15.3. The number of rotatable bonds is 8. The zero-order chi connectivity index (χ0) is 20.3. The molecule has 154 valence electrons. The summed E-state index contributed by atoms with van der Waals surface area (Å²) < 4.78 is 38.0. The molecule has 2 aliphatic carbocycles. The Bertz CT molecular complexity index is 716. The van der Waals surface area contributed by atoms with Crippen molar-refractivity contribution < 1.29 is 27.9 Å². The maximum atomic E-state index is 12.7. The van der Waals surface area contributed by atoms with E-state index >= 15 is 0 Å². The number of anilines is 1. The number of carbonyl (C=O) groups excluding carboxylic acids is 1. The Morgan fingerprint density at radius 2 is 1.86 bits per heavy atom. The second kappa shape index (κ2) is 8.38. The minimum absolute atomic E-state index is 0.00806. The maximum absolute atomic E-state index is 12.7. The lowest BCUT2D eigenvalue weighted by molar-refractivity contribution is -0.139. The van der Waals surface area contributed by atoms with Gasteiger partial charge in [-0.2, -0.15) is 13.2 Å². The van der Waals surface area contributed by atoms with Gasteiger partial charge < -0.3 is 15.7 Å². The van der Waals surface area contributed by atoms with Crippen LogP contribution in [0.3, 0.4) is 0 Å². The monoisotopic (exact) mass is 399 g/mol. The van der Waals surface area contributed by atoms with E-state index in [0.29, 0.717) is 18.8 Å². The molecule has 9 heteroatoms. The van der Waals surface area contributed by atoms with Crippen LogP contribution < -0.4 is 10.6 Å². The number of urea groups is 1. The van der Waals surface area contributed by atoms with E-state index in [0.717, 1.165) is 19.4 Å². The summed E-state index contributed by atoms with van der Waals surface area (Å²) in [5.74, 6) is -0.295. The molecule has 1 aromatic rings. The van der Waals surface area contributed by atoms with Crippen molar-refractivity contribution in [3.63, 3.8) is 0 Å². The standard InChI is InChI=1S/C19H24F3N3O3/c20-19(21,22)9-13-3-1-2-4-16(13)24-18(28)23-14-7-15(8-14)25(11-17(26)27)10-12-5-6-12/h1-4,12,14-15H,5-11H2,(H,26,27)(H2,23,24,28). The van der Waals surface area contributed by atoms with E-state index in [2.05, 4.69) is 10.6 Å². The molecule has 0 spiro atoms. The molecule has 2 amide bonds. The van der Waals surface area contributed by atoms with Gasteiger partial charge in [-0.15, -0.1) is 0 Å². The van der Waals surface area contributed by atoms with E-state index in [1.807, 2.05) is 4.90 Å². The van der Waals surface area contributed by atoms with Crippen molar-refractivity contribution in [1.82, 2.24) is 10.2 Å². The topological polar surface area (TPSA) is 81.7 Å². The summed E-state index contributed by atoms with van der Waals surface area (Å²) in [5, 5.41) is 14.3. The van der Waals surface area contributed by atoms with Crippen LogP contribution in [-0.4, -0.2) is 53.4 Å². The van der Waals surface area contributed by atoms with Crippen molar-refractivity contribution in [2.45, 2.75) is 50.4 Å². The van der Waals surface area contributed by atoms with Gasteiger partial charge in [-0.3, -0.25) is 9.69 Å². The van der Waals surface area contributed by atoms with Crippen molar-refractivity contribution in [2.24, 2.45) is 5.92 Å². The second-order valence-corrected chi connectivity index (χ2v) is 7.64. The molecule has 2 aliphatic rings. The first-order valence-corrected chi connectivity index (χ1v) is 9.37. The Morgan fingerprint density at radius 3 is 2.46 bits per heavy atom. The third-order valence-electron chi connectivity index (χ3n) is 5.15. The number of alkyl halides is 3. The number of carboxylic acid groups (broad SMARTS) is 1. The number of para-hydroxylation sites is 1. The lowest BCUT2D eigenvalue weighted by Crippen LogP contribution is -2.55. The first-order chi connectivity index (χ1) is 13.2. The van der Waals surface area contributed by atoms with E-state index in [9.17, 15) is 22.8 Å². The predicted molar refractivity (Wildman–Crippen MR) is 97.1 cm³/mol. The van der Waals surface area contributed by atoms with Gasteiger partial charge in [0.15, 0.2) is 0 Å². The smallest absolute Gasteiger partial charge is 0.393 e. The number of aliphatic carboxylic acids is 1. The average Bonchev–Trinajstić information content (AvgIpc) is 3.34. The molecule has 0 heterocycles. The Balaban J connectivity index is 1.48. The summed E-state index contributed by atoms with van der Waals surface area (Å²) in [6, 6.07) is 5.28. The number of nitrogens with zero attached hydrogens (tertiary/aromatic N) is 1. The van der Waals surface area contributed by atoms with Crippen LogP contribution in [0.4, 0.5) is 23.7 Å². The number of halogens is 3. The van der Waals surface area contributed by atoms with Crippen LogP contribution in [0.2, 0.25) is 0 Å². The Labute approximate surface area is 161 Å². The number of benzene rings is 1. The third kappa shape index (κ3) is 6.12. The molecule has 3 N–H and O–H groups in total. The van der Waals surface area contributed by atoms with Gasteiger partial charge in [0.05, 0.1) is 13.0 Å². The van der Waals surface area contributed by atoms with Crippen molar-refractivity contribution in [2.75, 3.05) is 18.4 Å². The van der Waals surface area contributed by atoms with Crippen LogP contribution in [0.5, 0.6) is 0 Å². The third-order valence-corrected chi connectivity index (χ3v) is 5.15. The fourth-order valence-corrected chi connectivity index (χ4v) is 3.51. The van der Waals surface area contributed by atoms with E-state index in [-0.39, 0.29) is 29.9 Å². The highest BCUT2D eigenvalue weighted by atomic mass is 19.4. The van der Waals surface area contributed by atoms with Crippen LogP contribution in [0, 0.1) is 5.92 Å². The van der Waals surface area contributed by atoms with Crippen LogP contribution >= 0.6 is 0 Å². The van der Waals surface area contributed by atoms with E-state index in [1.165, 1.54) is 18.2 Å². The molecule has 2 saturated carbocycles. The molecule has 3 rings (SSSR count). The number of carboxylic acids is 1. The minimum atomic E-state index is -4.36. The largest absolute Gasteiger partial charge is 0.480 e. The van der Waals surface area contributed by atoms with E-state index in [4.69, 9.17) is 5.11 Å². The first kappa shape index (κ1) is 20.4. The Morgan fingerprint density at radius 1 is 1.18 bits per heavy atom. The van der Waals surface area contributed by atoms with Gasteiger partial charge in [0.1, 0.15) is 0 Å². The summed E-state index contributed by atoms with van der Waals surface area (Å²) in [7, 11) is 0. The molecule has 6 nitrogen and oxygen atoms in total. The molecule has 1 aromatic carbocycles. The molecule has 2 fully saturated rings. The molecule has 0 radical (unpaired) electrons. The van der Waals surface area contributed by atoms with Gasteiger partial charge in [-0.05, 0) is 43.2 Å². The minimum Gasteiger partial charge on any atom is -0.480 e. The van der Waals surface area contributed by atoms with Crippen LogP contribution in [0.1, 0.15) is 31.2 Å². The highest BCUT2D eigenvalue weighted by Gasteiger charge is 2.38. The van der Waals surface area contributed by atoms with Gasteiger partial charge >= 0.3 is 18.2 Å². The van der Waals surface area contributed by atoms with Crippen molar-refractivity contribution in [3.8, 4) is 0 Å². The molecule has 0 bridgehead atoms. The van der Waals surface area contributed by atoms with E-state index < -0.39 is 24.6 Å². The van der Waals surface area contributed by atoms with Gasteiger partial charge in [0, 0.05) is 24.3 Å². The van der Waals surface area contributed by atoms with Crippen LogP contribution in [0.25, 0.3) is 0 Å². The quantitative estimate of drug-likeness (QED) is 0.627. The summed E-state index contributed by atoms with van der Waals surface area (Å²) in [6.45, 7) is 0.756. The molecular weight excluding hydrogens is 375 g/mol. The van der Waals surface area contributed by atoms with Gasteiger partial charge in [-0.25, -0.2) is 4.79 Å². The van der Waals surface area contributed by atoms with E-state index in [1.54, 1.807) is 6.07 Å². The van der Waals surface area contributed by atoms with Gasteiger partial charge in [-0.1, -0.05) is 18.2 Å². The summed E-state index contributed by atoms with van der Waals surface area (Å²) in [6.07, 6.45) is -1.94. The second-order valence-electron chi connectivity index (χ2n) is 7.64. The molecular formula is C19H24F3N3O3. The maximum Gasteiger partial charge on any atom is 0.393 e. The number of carbonyl (C=O) groups is 2. The summed E-state index contributed by atoms with van der Waals surface area (Å²) in [4.78, 5) is 25.2. The summed E-state index contributed by atoms with van der Waals surface area (Å²) in [5.41, 5.74) is 0.142. The number of hydrogen-bond donors (Lipinski definition) is 3. The van der Waals surface area contributed by atoms with Crippen LogP contribution in [-0.2, 0) is 11.2 Å². The molecule has 0 aromatic heterocycles. The van der Waals surface area contributed by atoms with Gasteiger partial charge in [0.2, 0.25) is 0 Å².